The molecule has 1 aromatic heterocycles. The fourth-order valence-corrected chi connectivity index (χ4v) is 2.56. The third-order valence-electron chi connectivity index (χ3n) is 3.33. The van der Waals surface area contributed by atoms with E-state index in [0.29, 0.717) is 34.8 Å². The number of hydrogen-bond acceptors (Lipinski definition) is 3. The average Bonchev–Trinajstić information content (AvgIpc) is 2.64. The van der Waals surface area contributed by atoms with Crippen molar-refractivity contribution in [1.82, 2.24) is 4.98 Å². The molecule has 1 aliphatic carbocycles. The summed E-state index contributed by atoms with van der Waals surface area (Å²) in [5.41, 5.74) is 1.34. The summed E-state index contributed by atoms with van der Waals surface area (Å²) in [6.45, 7) is 0. The van der Waals surface area contributed by atoms with Crippen molar-refractivity contribution in [2.75, 3.05) is 4.90 Å². The monoisotopic (exact) mass is 262 g/mol. The molecule has 1 aromatic rings. The summed E-state index contributed by atoms with van der Waals surface area (Å²) in [7, 11) is 0. The Morgan fingerprint density at radius 2 is 1.67 bits per heavy atom. The van der Waals surface area contributed by atoms with Crippen LogP contribution in [0.25, 0.3) is 0 Å². The molecule has 5 heteroatoms. The Labute approximate surface area is 109 Å². The minimum absolute atomic E-state index is 0.218. The van der Waals surface area contributed by atoms with Gasteiger partial charge in [0.1, 0.15) is 5.82 Å². The van der Waals surface area contributed by atoms with Crippen LogP contribution >= 0.6 is 11.6 Å². The summed E-state index contributed by atoms with van der Waals surface area (Å²) >= 11 is 5.75. The number of rotatable bonds is 1. The summed E-state index contributed by atoms with van der Waals surface area (Å²) in [6, 6.07) is 3.22. The SMILES string of the molecule is O=C1C2=C(CCCC2)C(=O)N1c1ccc(Cl)cn1. The summed E-state index contributed by atoms with van der Waals surface area (Å²) < 4.78 is 0. The van der Waals surface area contributed by atoms with Crippen molar-refractivity contribution in [1.29, 1.82) is 0 Å². The van der Waals surface area contributed by atoms with E-state index in [9.17, 15) is 9.59 Å². The highest BCUT2D eigenvalue weighted by molar-refractivity contribution is 6.33. The van der Waals surface area contributed by atoms with Crippen molar-refractivity contribution in [3.05, 3.63) is 34.5 Å². The first-order valence-electron chi connectivity index (χ1n) is 5.91. The van der Waals surface area contributed by atoms with Crippen molar-refractivity contribution in [2.45, 2.75) is 25.7 Å². The molecule has 2 amide bonds. The first-order chi connectivity index (χ1) is 8.68. The molecule has 0 radical (unpaired) electrons. The molecule has 92 valence electrons. The number of aromatic nitrogens is 1. The van der Waals surface area contributed by atoms with Crippen molar-refractivity contribution in [3.8, 4) is 0 Å². The van der Waals surface area contributed by atoms with Gasteiger partial charge >= 0.3 is 0 Å². The van der Waals surface area contributed by atoms with Crippen LogP contribution in [0.4, 0.5) is 5.82 Å². The van der Waals surface area contributed by atoms with Gasteiger partial charge < -0.3 is 0 Å². The highest BCUT2D eigenvalue weighted by Crippen LogP contribution is 2.34. The number of nitrogens with zero attached hydrogens (tertiary/aromatic N) is 2. The van der Waals surface area contributed by atoms with Crippen LogP contribution in [-0.2, 0) is 9.59 Å². The second kappa shape index (κ2) is 4.21. The van der Waals surface area contributed by atoms with Crippen LogP contribution in [0, 0.1) is 0 Å². The van der Waals surface area contributed by atoms with E-state index in [-0.39, 0.29) is 11.8 Å². The smallest absolute Gasteiger partial charge is 0.262 e. The quantitative estimate of drug-likeness (QED) is 0.731. The Morgan fingerprint density at radius 1 is 1.06 bits per heavy atom. The van der Waals surface area contributed by atoms with E-state index in [2.05, 4.69) is 4.98 Å². The number of carbonyl (C=O) groups is 2. The van der Waals surface area contributed by atoms with Crippen molar-refractivity contribution in [2.24, 2.45) is 0 Å². The van der Waals surface area contributed by atoms with Crippen LogP contribution < -0.4 is 4.90 Å². The van der Waals surface area contributed by atoms with Crippen LogP contribution in [0.1, 0.15) is 25.7 Å². The van der Waals surface area contributed by atoms with Crippen molar-refractivity contribution in [3.63, 3.8) is 0 Å². The van der Waals surface area contributed by atoms with Crippen LogP contribution in [0.2, 0.25) is 5.02 Å². The van der Waals surface area contributed by atoms with Gasteiger partial charge in [0, 0.05) is 17.3 Å². The molecule has 3 rings (SSSR count). The maximum atomic E-state index is 12.2. The van der Waals surface area contributed by atoms with E-state index >= 15 is 0 Å². The number of amides is 2. The molecule has 4 nitrogen and oxygen atoms in total. The average molecular weight is 263 g/mol. The lowest BCUT2D eigenvalue weighted by Gasteiger charge is -2.13. The van der Waals surface area contributed by atoms with Gasteiger partial charge in [-0.3, -0.25) is 9.59 Å². The summed E-state index contributed by atoms with van der Waals surface area (Å²) in [5.74, 6) is -0.0853. The van der Waals surface area contributed by atoms with Gasteiger partial charge in [-0.05, 0) is 37.8 Å². The third-order valence-corrected chi connectivity index (χ3v) is 3.55. The highest BCUT2D eigenvalue weighted by atomic mass is 35.5. The molecule has 18 heavy (non-hydrogen) atoms. The summed E-state index contributed by atoms with van der Waals surface area (Å²) in [6.07, 6.45) is 4.78. The normalized spacial score (nSPS) is 19.5. The molecule has 0 aromatic carbocycles. The number of carbonyl (C=O) groups excluding carboxylic acids is 2. The molecule has 0 fully saturated rings. The summed E-state index contributed by atoms with van der Waals surface area (Å²) in [5, 5.41) is 0.482. The largest absolute Gasteiger partial charge is 0.269 e. The Bertz CT molecular complexity index is 535. The minimum Gasteiger partial charge on any atom is -0.269 e. The molecular formula is C13H11ClN2O2. The Balaban J connectivity index is 1.99. The van der Waals surface area contributed by atoms with Gasteiger partial charge in [0.15, 0.2) is 0 Å². The Hall–Kier alpha value is -1.68. The molecule has 0 atom stereocenters. The zero-order valence-corrected chi connectivity index (χ0v) is 10.4. The van der Waals surface area contributed by atoms with E-state index in [1.807, 2.05) is 0 Å². The van der Waals surface area contributed by atoms with Crippen LogP contribution in [-0.4, -0.2) is 16.8 Å². The fourth-order valence-electron chi connectivity index (χ4n) is 2.45. The van der Waals surface area contributed by atoms with E-state index in [1.54, 1.807) is 12.1 Å². The standard InChI is InChI=1S/C13H11ClN2O2/c14-8-5-6-11(15-7-8)16-12(17)9-3-1-2-4-10(9)13(16)18/h5-7H,1-4H2. The molecule has 0 bridgehead atoms. The maximum absolute atomic E-state index is 12.2. The van der Waals surface area contributed by atoms with Gasteiger partial charge in [-0.15, -0.1) is 0 Å². The van der Waals surface area contributed by atoms with Crippen LogP contribution in [0.15, 0.2) is 29.5 Å². The summed E-state index contributed by atoms with van der Waals surface area (Å²) in [4.78, 5) is 29.6. The van der Waals surface area contributed by atoms with Gasteiger partial charge in [0.05, 0.1) is 5.02 Å². The predicted octanol–water partition coefficient (Wildman–Crippen LogP) is 2.48. The maximum Gasteiger partial charge on any atom is 0.262 e. The van der Waals surface area contributed by atoms with Crippen molar-refractivity contribution < 1.29 is 9.59 Å². The molecule has 0 saturated heterocycles. The minimum atomic E-state index is -0.218. The van der Waals surface area contributed by atoms with E-state index < -0.39 is 0 Å². The number of anilines is 1. The lowest BCUT2D eigenvalue weighted by molar-refractivity contribution is -0.120. The number of halogens is 1. The number of imide groups is 1. The zero-order valence-electron chi connectivity index (χ0n) is 9.65. The first kappa shape index (κ1) is 11.4. The second-order valence-electron chi connectivity index (χ2n) is 4.44. The third kappa shape index (κ3) is 1.64. The molecule has 2 aliphatic rings. The molecule has 0 saturated carbocycles. The second-order valence-corrected chi connectivity index (χ2v) is 4.88. The van der Waals surface area contributed by atoms with Gasteiger partial charge in [-0.2, -0.15) is 0 Å². The van der Waals surface area contributed by atoms with Crippen molar-refractivity contribution >= 4 is 29.2 Å². The first-order valence-corrected chi connectivity index (χ1v) is 6.28. The molecule has 2 heterocycles. The molecular weight excluding hydrogens is 252 g/mol. The topological polar surface area (TPSA) is 50.3 Å². The van der Waals surface area contributed by atoms with Gasteiger partial charge in [-0.1, -0.05) is 11.6 Å². The molecule has 0 N–H and O–H groups in total. The van der Waals surface area contributed by atoms with Gasteiger partial charge in [-0.25, -0.2) is 9.88 Å². The Kier molecular flexibility index (Phi) is 2.67. The highest BCUT2D eigenvalue weighted by Gasteiger charge is 2.40. The zero-order chi connectivity index (χ0) is 12.7. The molecule has 0 unspecified atom stereocenters. The van der Waals surface area contributed by atoms with E-state index in [4.69, 9.17) is 11.6 Å². The predicted molar refractivity (Wildman–Crippen MR) is 67.2 cm³/mol. The lowest BCUT2D eigenvalue weighted by atomic mass is 9.93. The van der Waals surface area contributed by atoms with Crippen LogP contribution in [0.5, 0.6) is 0 Å². The Morgan fingerprint density at radius 3 is 2.17 bits per heavy atom. The van der Waals surface area contributed by atoms with E-state index in [1.165, 1.54) is 6.20 Å². The van der Waals surface area contributed by atoms with Crippen LogP contribution in [0.3, 0.4) is 0 Å². The lowest BCUT2D eigenvalue weighted by Crippen LogP contribution is -2.32. The molecule has 0 spiro atoms. The molecule has 1 aliphatic heterocycles. The van der Waals surface area contributed by atoms with Gasteiger partial charge in [0.2, 0.25) is 0 Å². The van der Waals surface area contributed by atoms with E-state index in [0.717, 1.165) is 17.7 Å². The number of pyridine rings is 1. The number of hydrogen-bond donors (Lipinski definition) is 0. The van der Waals surface area contributed by atoms with Gasteiger partial charge in [0.25, 0.3) is 11.8 Å². The fraction of sp³-hybridized carbons (Fsp3) is 0.308.